The number of halogens is 3. The summed E-state index contributed by atoms with van der Waals surface area (Å²) in [4.78, 5) is 1.23. The number of hydrogen-bond acceptors (Lipinski definition) is 3. The molecule has 0 radical (unpaired) electrons. The molecule has 114 valence electrons. The summed E-state index contributed by atoms with van der Waals surface area (Å²) in [5.41, 5.74) is -0.439. The second-order valence-corrected chi connectivity index (χ2v) is 6.27. The van der Waals surface area contributed by atoms with Crippen LogP contribution in [0.2, 0.25) is 0 Å². The van der Waals surface area contributed by atoms with Crippen molar-refractivity contribution in [3.05, 3.63) is 0 Å². The van der Waals surface area contributed by atoms with Crippen LogP contribution in [0, 0.1) is 5.41 Å². The zero-order valence-corrected chi connectivity index (χ0v) is 12.0. The molecule has 1 rings (SSSR count). The average molecular weight is 283 g/mol. The van der Waals surface area contributed by atoms with Gasteiger partial charge in [0.05, 0.1) is 12.7 Å². The van der Waals surface area contributed by atoms with Gasteiger partial charge in [-0.25, -0.2) is 0 Å². The first-order valence-corrected chi connectivity index (χ1v) is 6.60. The van der Waals surface area contributed by atoms with Gasteiger partial charge in [0, 0.05) is 12.6 Å². The topological polar surface area (TPSA) is 32.7 Å². The SMILES string of the molecule is CN(C(CO)C(C)(C)C)C(C1CCCO1)C(F)(F)F. The number of aliphatic hydroxyl groups is 1. The number of nitrogens with zero attached hydrogens (tertiary/aromatic N) is 1. The quantitative estimate of drug-likeness (QED) is 0.860. The summed E-state index contributed by atoms with van der Waals surface area (Å²) in [5.74, 6) is 0. The van der Waals surface area contributed by atoms with Crippen molar-refractivity contribution < 1.29 is 23.0 Å². The third-order valence-corrected chi connectivity index (χ3v) is 3.76. The highest BCUT2D eigenvalue weighted by Gasteiger charge is 2.51. The highest BCUT2D eigenvalue weighted by atomic mass is 19.4. The van der Waals surface area contributed by atoms with Crippen LogP contribution in [-0.2, 0) is 4.74 Å². The van der Waals surface area contributed by atoms with Crippen LogP contribution in [0.1, 0.15) is 33.6 Å². The predicted molar refractivity (Wildman–Crippen MR) is 66.9 cm³/mol. The van der Waals surface area contributed by atoms with Gasteiger partial charge in [-0.05, 0) is 25.3 Å². The molecule has 1 saturated heterocycles. The van der Waals surface area contributed by atoms with Crippen molar-refractivity contribution in [2.24, 2.45) is 5.41 Å². The van der Waals surface area contributed by atoms with Crippen LogP contribution < -0.4 is 0 Å². The molecular formula is C13H24F3NO2. The van der Waals surface area contributed by atoms with Gasteiger partial charge < -0.3 is 9.84 Å². The van der Waals surface area contributed by atoms with Gasteiger partial charge in [0.15, 0.2) is 0 Å². The van der Waals surface area contributed by atoms with Gasteiger partial charge >= 0.3 is 6.18 Å². The molecule has 0 spiro atoms. The molecule has 1 fully saturated rings. The van der Waals surface area contributed by atoms with E-state index in [9.17, 15) is 18.3 Å². The smallest absolute Gasteiger partial charge is 0.395 e. The van der Waals surface area contributed by atoms with E-state index in [0.29, 0.717) is 19.4 Å². The zero-order valence-electron chi connectivity index (χ0n) is 12.0. The lowest BCUT2D eigenvalue weighted by molar-refractivity contribution is -0.217. The van der Waals surface area contributed by atoms with Crippen LogP contribution in [0.25, 0.3) is 0 Å². The van der Waals surface area contributed by atoms with E-state index in [-0.39, 0.29) is 6.61 Å². The van der Waals surface area contributed by atoms with E-state index in [0.717, 1.165) is 0 Å². The maximum atomic E-state index is 13.3. The minimum absolute atomic E-state index is 0.306. The van der Waals surface area contributed by atoms with E-state index >= 15 is 0 Å². The Labute approximate surface area is 112 Å². The molecular weight excluding hydrogens is 259 g/mol. The Morgan fingerprint density at radius 1 is 1.32 bits per heavy atom. The summed E-state index contributed by atoms with van der Waals surface area (Å²) in [7, 11) is 1.42. The van der Waals surface area contributed by atoms with E-state index in [1.807, 2.05) is 20.8 Å². The van der Waals surface area contributed by atoms with Crippen LogP contribution >= 0.6 is 0 Å². The van der Waals surface area contributed by atoms with E-state index in [1.54, 1.807) is 0 Å². The first-order chi connectivity index (χ1) is 8.59. The van der Waals surface area contributed by atoms with Gasteiger partial charge in [0.2, 0.25) is 0 Å². The van der Waals surface area contributed by atoms with Gasteiger partial charge in [0.1, 0.15) is 6.04 Å². The second-order valence-electron chi connectivity index (χ2n) is 6.27. The van der Waals surface area contributed by atoms with Crippen molar-refractivity contribution in [2.45, 2.75) is 58.0 Å². The maximum absolute atomic E-state index is 13.3. The normalized spacial score (nSPS) is 24.8. The zero-order chi connectivity index (χ0) is 14.8. The molecule has 3 nitrogen and oxygen atoms in total. The Balaban J connectivity index is 2.96. The first kappa shape index (κ1) is 16.7. The van der Waals surface area contributed by atoms with Crippen molar-refractivity contribution in [2.75, 3.05) is 20.3 Å². The molecule has 1 heterocycles. The van der Waals surface area contributed by atoms with Crippen LogP contribution in [0.15, 0.2) is 0 Å². The largest absolute Gasteiger partial charge is 0.406 e. The summed E-state index contributed by atoms with van der Waals surface area (Å²) in [6, 6.07) is -2.23. The fourth-order valence-electron chi connectivity index (χ4n) is 2.76. The summed E-state index contributed by atoms with van der Waals surface area (Å²) in [6.07, 6.45) is -4.12. The van der Waals surface area contributed by atoms with Crippen molar-refractivity contribution >= 4 is 0 Å². The standard InChI is InChI=1S/C13H24F3NO2/c1-12(2,3)10(8-18)17(4)11(13(14,15)16)9-6-5-7-19-9/h9-11,18H,5-8H2,1-4H3. The molecule has 0 amide bonds. The molecule has 0 aliphatic carbocycles. The lowest BCUT2D eigenvalue weighted by Gasteiger charge is -2.43. The third-order valence-electron chi connectivity index (χ3n) is 3.76. The van der Waals surface area contributed by atoms with Crippen LogP contribution in [0.5, 0.6) is 0 Å². The number of rotatable bonds is 4. The van der Waals surface area contributed by atoms with Gasteiger partial charge in [-0.1, -0.05) is 20.8 Å². The molecule has 1 N–H and O–H groups in total. The molecule has 1 aliphatic rings. The van der Waals surface area contributed by atoms with E-state index in [2.05, 4.69) is 0 Å². The number of hydrogen-bond donors (Lipinski definition) is 1. The third kappa shape index (κ3) is 4.07. The molecule has 6 heteroatoms. The monoisotopic (exact) mass is 283 g/mol. The van der Waals surface area contributed by atoms with Crippen molar-refractivity contribution in [1.82, 2.24) is 4.90 Å². The molecule has 3 atom stereocenters. The fraction of sp³-hybridized carbons (Fsp3) is 1.00. The molecule has 0 saturated carbocycles. The molecule has 0 aromatic heterocycles. The Bertz CT molecular complexity index is 283. The van der Waals surface area contributed by atoms with Crippen molar-refractivity contribution in [3.8, 4) is 0 Å². The number of ether oxygens (including phenoxy) is 1. The second kappa shape index (κ2) is 5.97. The Morgan fingerprint density at radius 3 is 2.21 bits per heavy atom. The maximum Gasteiger partial charge on any atom is 0.406 e. The molecule has 19 heavy (non-hydrogen) atoms. The van der Waals surface area contributed by atoms with Crippen molar-refractivity contribution in [1.29, 1.82) is 0 Å². The van der Waals surface area contributed by atoms with E-state index < -0.39 is 29.8 Å². The van der Waals surface area contributed by atoms with Gasteiger partial charge in [-0.15, -0.1) is 0 Å². The summed E-state index contributed by atoms with van der Waals surface area (Å²) in [5, 5.41) is 9.44. The van der Waals surface area contributed by atoms with Crippen LogP contribution in [0.3, 0.4) is 0 Å². The summed E-state index contributed by atoms with van der Waals surface area (Å²) < 4.78 is 45.1. The van der Waals surface area contributed by atoms with Gasteiger partial charge in [-0.2, -0.15) is 13.2 Å². The minimum atomic E-state index is -4.36. The van der Waals surface area contributed by atoms with E-state index in [4.69, 9.17) is 4.74 Å². The Morgan fingerprint density at radius 2 is 1.89 bits per heavy atom. The Hall–Kier alpha value is -0.330. The lowest BCUT2D eigenvalue weighted by Crippen LogP contribution is -2.58. The van der Waals surface area contributed by atoms with Crippen LogP contribution in [0.4, 0.5) is 13.2 Å². The van der Waals surface area contributed by atoms with Crippen molar-refractivity contribution in [3.63, 3.8) is 0 Å². The number of alkyl halides is 3. The summed E-state index contributed by atoms with van der Waals surface area (Å²) >= 11 is 0. The molecule has 0 bridgehead atoms. The summed E-state index contributed by atoms with van der Waals surface area (Å²) in [6.45, 7) is 5.55. The first-order valence-electron chi connectivity index (χ1n) is 6.60. The average Bonchev–Trinajstić information content (AvgIpc) is 2.67. The highest BCUT2D eigenvalue weighted by molar-refractivity contribution is 4.93. The lowest BCUT2D eigenvalue weighted by atomic mass is 9.85. The molecule has 1 aliphatic heterocycles. The molecule has 3 unspecified atom stereocenters. The number of likely N-dealkylation sites (N-methyl/N-ethyl adjacent to an activating group) is 1. The number of aliphatic hydroxyl groups excluding tert-OH is 1. The van der Waals surface area contributed by atoms with Gasteiger partial charge in [-0.3, -0.25) is 4.90 Å². The minimum Gasteiger partial charge on any atom is -0.395 e. The van der Waals surface area contributed by atoms with Gasteiger partial charge in [0.25, 0.3) is 0 Å². The highest BCUT2D eigenvalue weighted by Crippen LogP contribution is 2.36. The fourth-order valence-corrected chi connectivity index (χ4v) is 2.76. The van der Waals surface area contributed by atoms with Crippen LogP contribution in [-0.4, -0.2) is 54.6 Å². The predicted octanol–water partition coefficient (Wildman–Crippen LogP) is 2.44. The molecule has 0 aromatic carbocycles. The van der Waals surface area contributed by atoms with E-state index in [1.165, 1.54) is 11.9 Å². The molecule has 0 aromatic rings. The Kier molecular flexibility index (Phi) is 5.26.